The molecule has 0 spiro atoms. The first-order valence-corrected chi connectivity index (χ1v) is 6.65. The zero-order chi connectivity index (χ0) is 13.1. The molecule has 1 saturated carbocycles. The lowest BCUT2D eigenvalue weighted by molar-refractivity contribution is -0.134. The van der Waals surface area contributed by atoms with Crippen LogP contribution in [0.25, 0.3) is 0 Å². The van der Waals surface area contributed by atoms with Crippen LogP contribution in [0.2, 0.25) is 0 Å². The quantitative estimate of drug-likeness (QED) is 0.865. The number of hydrogen-bond acceptors (Lipinski definition) is 2. The van der Waals surface area contributed by atoms with E-state index in [9.17, 15) is 4.79 Å². The number of hydrogen-bond donors (Lipinski definition) is 1. The molecule has 0 heterocycles. The smallest absolute Gasteiger partial charge is 0.225 e. The van der Waals surface area contributed by atoms with Gasteiger partial charge in [-0.05, 0) is 29.9 Å². The number of rotatable bonds is 5. The molecule has 1 unspecified atom stereocenters. The molecule has 3 heteroatoms. The summed E-state index contributed by atoms with van der Waals surface area (Å²) < 4.78 is 0. The lowest BCUT2D eigenvalue weighted by Gasteiger charge is -2.22. The van der Waals surface area contributed by atoms with Crippen molar-refractivity contribution < 1.29 is 4.79 Å². The van der Waals surface area contributed by atoms with Crippen molar-refractivity contribution in [1.82, 2.24) is 4.90 Å². The molecule has 0 radical (unpaired) electrons. The van der Waals surface area contributed by atoms with E-state index < -0.39 is 0 Å². The Morgan fingerprint density at radius 1 is 1.39 bits per heavy atom. The Hall–Kier alpha value is -1.35. The summed E-state index contributed by atoms with van der Waals surface area (Å²) in [6, 6.07) is 8.06. The summed E-state index contributed by atoms with van der Waals surface area (Å²) >= 11 is 0. The third kappa shape index (κ3) is 2.91. The van der Waals surface area contributed by atoms with Crippen LogP contribution < -0.4 is 5.73 Å². The van der Waals surface area contributed by atoms with Crippen molar-refractivity contribution in [2.24, 2.45) is 17.6 Å². The molecule has 1 aromatic rings. The van der Waals surface area contributed by atoms with Crippen molar-refractivity contribution >= 4 is 5.91 Å². The van der Waals surface area contributed by atoms with Crippen molar-refractivity contribution in [2.45, 2.75) is 32.9 Å². The normalized spacial score (nSPS) is 16.4. The van der Waals surface area contributed by atoms with Crippen molar-refractivity contribution in [2.75, 3.05) is 7.05 Å². The van der Waals surface area contributed by atoms with Crippen molar-refractivity contribution in [1.29, 1.82) is 0 Å². The molecule has 0 saturated heterocycles. The molecule has 1 fully saturated rings. The number of benzene rings is 1. The van der Waals surface area contributed by atoms with E-state index in [2.05, 4.69) is 0 Å². The van der Waals surface area contributed by atoms with Crippen molar-refractivity contribution in [3.8, 4) is 0 Å². The van der Waals surface area contributed by atoms with E-state index in [4.69, 9.17) is 5.73 Å². The van der Waals surface area contributed by atoms with Gasteiger partial charge >= 0.3 is 0 Å². The highest BCUT2D eigenvalue weighted by Gasteiger charge is 2.34. The maximum atomic E-state index is 12.2. The van der Waals surface area contributed by atoms with Gasteiger partial charge in [-0.1, -0.05) is 31.2 Å². The molecule has 1 aromatic carbocycles. The summed E-state index contributed by atoms with van der Waals surface area (Å²) in [6.45, 7) is 3.23. The van der Waals surface area contributed by atoms with Gasteiger partial charge in [-0.25, -0.2) is 0 Å². The molecule has 0 aromatic heterocycles. The van der Waals surface area contributed by atoms with E-state index in [0.29, 0.717) is 19.0 Å². The zero-order valence-electron chi connectivity index (χ0n) is 11.2. The Labute approximate surface area is 109 Å². The first-order valence-electron chi connectivity index (χ1n) is 6.65. The lowest BCUT2D eigenvalue weighted by Crippen LogP contribution is -2.32. The van der Waals surface area contributed by atoms with Crippen LogP contribution in [0, 0.1) is 11.8 Å². The monoisotopic (exact) mass is 246 g/mol. The molecular weight excluding hydrogens is 224 g/mol. The van der Waals surface area contributed by atoms with Gasteiger partial charge in [-0.3, -0.25) is 4.79 Å². The third-order valence-electron chi connectivity index (χ3n) is 3.84. The van der Waals surface area contributed by atoms with Gasteiger partial charge in [0.2, 0.25) is 5.91 Å². The number of nitrogens with zero attached hydrogens (tertiary/aromatic N) is 1. The maximum Gasteiger partial charge on any atom is 0.225 e. The Morgan fingerprint density at radius 3 is 2.56 bits per heavy atom. The van der Waals surface area contributed by atoms with E-state index in [-0.39, 0.29) is 11.8 Å². The first-order chi connectivity index (χ1) is 8.63. The molecule has 98 valence electrons. The largest absolute Gasteiger partial charge is 0.341 e. The van der Waals surface area contributed by atoms with E-state index in [0.717, 1.165) is 11.1 Å². The van der Waals surface area contributed by atoms with E-state index in [1.807, 2.05) is 43.1 Å². The van der Waals surface area contributed by atoms with E-state index in [1.54, 1.807) is 0 Å². The second kappa shape index (κ2) is 5.53. The Balaban J connectivity index is 2.01. The number of carbonyl (C=O) groups excluding carboxylic acids is 1. The molecule has 0 bridgehead atoms. The van der Waals surface area contributed by atoms with Crippen molar-refractivity contribution in [3.63, 3.8) is 0 Å². The second-order valence-electron chi connectivity index (χ2n) is 5.29. The predicted octanol–water partition coefficient (Wildman–Crippen LogP) is 2.15. The molecular formula is C15H22N2O. The molecule has 1 atom stereocenters. The first kappa shape index (κ1) is 13.1. The molecule has 2 N–H and O–H groups in total. The second-order valence-corrected chi connectivity index (χ2v) is 5.29. The van der Waals surface area contributed by atoms with Crippen LogP contribution in [0.1, 0.15) is 30.9 Å². The molecule has 18 heavy (non-hydrogen) atoms. The Kier molecular flexibility index (Phi) is 4.02. The number of carbonyl (C=O) groups is 1. The molecule has 2 rings (SSSR count). The average Bonchev–Trinajstić information content (AvgIpc) is 3.22. The van der Waals surface area contributed by atoms with Crippen LogP contribution >= 0.6 is 0 Å². The highest BCUT2D eigenvalue weighted by molar-refractivity contribution is 5.78. The molecule has 1 aliphatic rings. The summed E-state index contributed by atoms with van der Waals surface area (Å²) in [6.07, 6.45) is 2.42. The van der Waals surface area contributed by atoms with Crippen LogP contribution in [0.5, 0.6) is 0 Å². The summed E-state index contributed by atoms with van der Waals surface area (Å²) in [5, 5.41) is 0. The van der Waals surface area contributed by atoms with Crippen LogP contribution in [-0.4, -0.2) is 17.9 Å². The zero-order valence-corrected chi connectivity index (χ0v) is 11.2. The predicted molar refractivity (Wildman–Crippen MR) is 72.7 cm³/mol. The Morgan fingerprint density at radius 2 is 2.00 bits per heavy atom. The SMILES string of the molecule is CC(C(=O)N(C)Cc1ccccc1CN)C1CC1. The van der Waals surface area contributed by atoms with Gasteiger partial charge in [0.25, 0.3) is 0 Å². The highest BCUT2D eigenvalue weighted by atomic mass is 16.2. The highest BCUT2D eigenvalue weighted by Crippen LogP contribution is 2.37. The fraction of sp³-hybridized carbons (Fsp3) is 0.533. The van der Waals surface area contributed by atoms with Crippen LogP contribution in [-0.2, 0) is 17.9 Å². The summed E-state index contributed by atoms with van der Waals surface area (Å²) in [5.74, 6) is 1.04. The van der Waals surface area contributed by atoms with Crippen LogP contribution in [0.15, 0.2) is 24.3 Å². The summed E-state index contributed by atoms with van der Waals surface area (Å²) in [4.78, 5) is 14.1. The molecule has 3 nitrogen and oxygen atoms in total. The number of nitrogens with two attached hydrogens (primary N) is 1. The molecule has 0 aliphatic heterocycles. The van der Waals surface area contributed by atoms with Crippen LogP contribution in [0.4, 0.5) is 0 Å². The topological polar surface area (TPSA) is 46.3 Å². The minimum absolute atomic E-state index is 0.167. The van der Waals surface area contributed by atoms with Gasteiger partial charge in [0.05, 0.1) is 0 Å². The van der Waals surface area contributed by atoms with Gasteiger partial charge in [0.1, 0.15) is 0 Å². The fourth-order valence-corrected chi connectivity index (χ4v) is 2.39. The lowest BCUT2D eigenvalue weighted by atomic mass is 10.0. The van der Waals surface area contributed by atoms with Gasteiger partial charge in [-0.15, -0.1) is 0 Å². The summed E-state index contributed by atoms with van der Waals surface area (Å²) in [5.41, 5.74) is 7.99. The average molecular weight is 246 g/mol. The Bertz CT molecular complexity index is 426. The van der Waals surface area contributed by atoms with Gasteiger partial charge < -0.3 is 10.6 Å². The van der Waals surface area contributed by atoms with Crippen LogP contribution in [0.3, 0.4) is 0 Å². The van der Waals surface area contributed by atoms with Gasteiger partial charge in [0.15, 0.2) is 0 Å². The van der Waals surface area contributed by atoms with E-state index >= 15 is 0 Å². The van der Waals surface area contributed by atoms with E-state index in [1.165, 1.54) is 12.8 Å². The minimum Gasteiger partial charge on any atom is -0.341 e. The standard InChI is InChI=1S/C15H22N2O/c1-11(12-7-8-12)15(18)17(2)10-14-6-4-3-5-13(14)9-16/h3-6,11-12H,7-10,16H2,1-2H3. The molecule has 1 amide bonds. The molecule has 1 aliphatic carbocycles. The van der Waals surface area contributed by atoms with Crippen molar-refractivity contribution in [3.05, 3.63) is 35.4 Å². The summed E-state index contributed by atoms with van der Waals surface area (Å²) in [7, 11) is 1.88. The van der Waals surface area contributed by atoms with Gasteiger partial charge in [0, 0.05) is 26.1 Å². The van der Waals surface area contributed by atoms with Gasteiger partial charge in [-0.2, -0.15) is 0 Å². The third-order valence-corrected chi connectivity index (χ3v) is 3.84. The minimum atomic E-state index is 0.167. The fourth-order valence-electron chi connectivity index (χ4n) is 2.39. The maximum absolute atomic E-state index is 12.2. The number of amides is 1.